The number of carbonyl (C=O) groups is 1. The summed E-state index contributed by atoms with van der Waals surface area (Å²) in [5.74, 6) is -0.675. The van der Waals surface area contributed by atoms with Crippen LogP contribution in [0.2, 0.25) is 0 Å². The molecule has 10 nitrogen and oxygen atoms in total. The molecular weight excluding hydrogens is 294 g/mol. The van der Waals surface area contributed by atoms with Crippen molar-refractivity contribution in [3.63, 3.8) is 0 Å². The Morgan fingerprint density at radius 2 is 2.27 bits per heavy atom. The van der Waals surface area contributed by atoms with Crippen molar-refractivity contribution in [2.75, 3.05) is 6.54 Å². The molecule has 1 N–H and O–H groups in total. The lowest BCUT2D eigenvalue weighted by atomic mass is 9.97. The Morgan fingerprint density at radius 1 is 1.50 bits per heavy atom. The van der Waals surface area contributed by atoms with E-state index in [1.54, 1.807) is 6.92 Å². The second kappa shape index (κ2) is 5.32. The summed E-state index contributed by atoms with van der Waals surface area (Å²) < 4.78 is 12.2. The zero-order chi connectivity index (χ0) is 15.9. The predicted octanol–water partition coefficient (Wildman–Crippen LogP) is -0.0156. The van der Waals surface area contributed by atoms with Gasteiger partial charge in [-0.1, -0.05) is 5.11 Å². The van der Waals surface area contributed by atoms with Crippen molar-refractivity contribution in [1.29, 1.82) is 0 Å². The topological polar surface area (TPSA) is 139 Å². The lowest BCUT2D eigenvalue weighted by Gasteiger charge is -2.19. The van der Waals surface area contributed by atoms with Gasteiger partial charge in [0.15, 0.2) is 12.3 Å². The molecule has 2 aliphatic heterocycles. The van der Waals surface area contributed by atoms with E-state index in [-0.39, 0.29) is 24.9 Å². The minimum absolute atomic E-state index is 0.0435. The van der Waals surface area contributed by atoms with Gasteiger partial charge in [-0.05, 0) is 12.5 Å². The van der Waals surface area contributed by atoms with Crippen molar-refractivity contribution in [2.45, 2.75) is 31.8 Å². The smallest absolute Gasteiger partial charge is 0.330 e. The molecule has 0 unspecified atom stereocenters. The largest absolute Gasteiger partial charge is 0.457 e. The number of azide groups is 1. The molecule has 0 aliphatic carbocycles. The molecule has 22 heavy (non-hydrogen) atoms. The molecule has 1 aromatic heterocycles. The van der Waals surface area contributed by atoms with Crippen molar-refractivity contribution in [3.8, 4) is 0 Å². The van der Waals surface area contributed by atoms with Gasteiger partial charge < -0.3 is 9.47 Å². The maximum absolute atomic E-state index is 12.0. The second-order valence-corrected chi connectivity index (χ2v) is 5.28. The Hall–Kier alpha value is -2.58. The summed E-state index contributed by atoms with van der Waals surface area (Å²) in [5.41, 5.74) is 7.63. The number of fused-ring (bicyclic) bond motifs is 1. The Morgan fingerprint density at radius 3 is 3.00 bits per heavy atom. The van der Waals surface area contributed by atoms with Crippen LogP contribution in [0, 0.1) is 12.8 Å². The number of hydrogen-bond donors (Lipinski definition) is 1. The van der Waals surface area contributed by atoms with E-state index in [4.69, 9.17) is 15.0 Å². The van der Waals surface area contributed by atoms with Gasteiger partial charge in [-0.3, -0.25) is 19.1 Å². The third kappa shape index (κ3) is 2.28. The fraction of sp³-hybridized carbons (Fsp3) is 0.583. The molecule has 4 atom stereocenters. The molecule has 116 valence electrons. The van der Waals surface area contributed by atoms with E-state index in [1.807, 2.05) is 0 Å². The van der Waals surface area contributed by atoms with Crippen LogP contribution in [0.5, 0.6) is 0 Å². The van der Waals surface area contributed by atoms with Gasteiger partial charge in [-0.15, -0.1) is 0 Å². The molecule has 10 heteroatoms. The molecule has 2 fully saturated rings. The molecule has 2 aliphatic rings. The van der Waals surface area contributed by atoms with Crippen molar-refractivity contribution in [2.24, 2.45) is 11.0 Å². The van der Waals surface area contributed by atoms with Crippen molar-refractivity contribution in [3.05, 3.63) is 43.0 Å². The fourth-order valence-corrected chi connectivity index (χ4v) is 2.86. The van der Waals surface area contributed by atoms with E-state index >= 15 is 0 Å². The number of H-pyrrole nitrogens is 1. The maximum atomic E-state index is 12.0. The molecule has 0 aromatic carbocycles. The van der Waals surface area contributed by atoms with Crippen LogP contribution in [0.4, 0.5) is 0 Å². The zero-order valence-electron chi connectivity index (χ0n) is 11.6. The summed E-state index contributed by atoms with van der Waals surface area (Å²) in [6, 6.07) is 0. The Labute approximate surface area is 123 Å². The Bertz CT molecular complexity index is 777. The predicted molar refractivity (Wildman–Crippen MR) is 72.0 cm³/mol. The van der Waals surface area contributed by atoms with E-state index in [9.17, 15) is 14.4 Å². The highest BCUT2D eigenvalue weighted by atomic mass is 16.6. The van der Waals surface area contributed by atoms with Crippen LogP contribution < -0.4 is 11.2 Å². The van der Waals surface area contributed by atoms with Crippen LogP contribution >= 0.6 is 0 Å². The third-order valence-electron chi connectivity index (χ3n) is 3.91. The van der Waals surface area contributed by atoms with Gasteiger partial charge in [-0.25, -0.2) is 4.79 Å². The standard InChI is InChI=1S/C12H13N5O5/c1-5-4-17(12(20)15-10(5)19)11-9-6(2-8(18)22-9)7(21-11)3-14-16-13/h4,6-7,9,11H,2-3H2,1H3,(H,15,19,20)/t6-,7-,9-,11-/m1/s1. The zero-order valence-corrected chi connectivity index (χ0v) is 11.6. The number of ether oxygens (including phenoxy) is 2. The van der Waals surface area contributed by atoms with Crippen LogP contribution in [0.25, 0.3) is 10.4 Å². The molecule has 0 spiro atoms. The third-order valence-corrected chi connectivity index (χ3v) is 3.91. The number of aromatic nitrogens is 2. The molecule has 0 amide bonds. The van der Waals surface area contributed by atoms with Crippen LogP contribution in [0.1, 0.15) is 18.2 Å². The average Bonchev–Trinajstić information content (AvgIpc) is 2.99. The molecular formula is C12H13N5O5. The first-order valence-electron chi connectivity index (χ1n) is 6.69. The highest BCUT2D eigenvalue weighted by molar-refractivity contribution is 5.72. The summed E-state index contributed by atoms with van der Waals surface area (Å²) in [4.78, 5) is 39.8. The SMILES string of the molecule is Cc1cn([C@@H]2O[C@H](CN=[N+]=[N-])[C@H]3CC(=O)O[C@H]32)c(=O)[nH]c1=O. The van der Waals surface area contributed by atoms with Gasteiger partial charge >= 0.3 is 11.7 Å². The van der Waals surface area contributed by atoms with Crippen molar-refractivity contribution < 1.29 is 14.3 Å². The highest BCUT2D eigenvalue weighted by Gasteiger charge is 2.52. The van der Waals surface area contributed by atoms with Gasteiger partial charge in [-0.2, -0.15) is 0 Å². The number of aromatic amines is 1. The number of rotatable bonds is 3. The molecule has 3 heterocycles. The van der Waals surface area contributed by atoms with Gasteiger partial charge in [0.05, 0.1) is 19.1 Å². The van der Waals surface area contributed by atoms with Gasteiger partial charge in [0, 0.05) is 22.6 Å². The second-order valence-electron chi connectivity index (χ2n) is 5.28. The Kier molecular flexibility index (Phi) is 3.47. The summed E-state index contributed by atoms with van der Waals surface area (Å²) in [6.45, 7) is 1.60. The first-order valence-corrected chi connectivity index (χ1v) is 6.69. The van der Waals surface area contributed by atoms with Crippen LogP contribution in [0.15, 0.2) is 20.9 Å². The molecule has 3 rings (SSSR count). The molecule has 2 saturated heterocycles. The Balaban J connectivity index is 1.98. The van der Waals surface area contributed by atoms with Gasteiger partial charge in [0.2, 0.25) is 0 Å². The van der Waals surface area contributed by atoms with E-state index in [0.717, 1.165) is 0 Å². The van der Waals surface area contributed by atoms with Crippen LogP contribution in [-0.4, -0.2) is 34.3 Å². The fourth-order valence-electron chi connectivity index (χ4n) is 2.86. The number of aryl methyl sites for hydroxylation is 1. The van der Waals surface area contributed by atoms with E-state index < -0.39 is 29.7 Å². The number of carbonyl (C=O) groups excluding carboxylic acids is 1. The van der Waals surface area contributed by atoms with Crippen LogP contribution in [0.3, 0.4) is 0 Å². The summed E-state index contributed by atoms with van der Waals surface area (Å²) in [5, 5.41) is 3.46. The molecule has 1 aromatic rings. The van der Waals surface area contributed by atoms with Crippen LogP contribution in [-0.2, 0) is 14.3 Å². The number of nitrogens with one attached hydrogen (secondary N) is 1. The monoisotopic (exact) mass is 307 g/mol. The average molecular weight is 307 g/mol. The lowest BCUT2D eigenvalue weighted by molar-refractivity contribution is -0.149. The number of nitrogens with zero attached hydrogens (tertiary/aromatic N) is 4. The quantitative estimate of drug-likeness (QED) is 0.362. The summed E-state index contributed by atoms with van der Waals surface area (Å²) in [6.07, 6.45) is -0.501. The van der Waals surface area contributed by atoms with E-state index in [1.165, 1.54) is 10.8 Å². The lowest BCUT2D eigenvalue weighted by Crippen LogP contribution is -2.37. The molecule has 0 bridgehead atoms. The van der Waals surface area contributed by atoms with E-state index in [0.29, 0.717) is 5.56 Å². The first kappa shape index (κ1) is 14.4. The summed E-state index contributed by atoms with van der Waals surface area (Å²) in [7, 11) is 0. The number of esters is 1. The molecule has 0 saturated carbocycles. The van der Waals surface area contributed by atoms with Gasteiger partial charge in [0.1, 0.15) is 0 Å². The van der Waals surface area contributed by atoms with Gasteiger partial charge in [0.25, 0.3) is 5.56 Å². The number of hydrogen-bond acceptors (Lipinski definition) is 6. The minimum atomic E-state index is -0.849. The first-order chi connectivity index (χ1) is 10.5. The summed E-state index contributed by atoms with van der Waals surface area (Å²) >= 11 is 0. The maximum Gasteiger partial charge on any atom is 0.330 e. The highest BCUT2D eigenvalue weighted by Crippen LogP contribution is 2.42. The van der Waals surface area contributed by atoms with Crippen molar-refractivity contribution in [1.82, 2.24) is 9.55 Å². The van der Waals surface area contributed by atoms with Crippen molar-refractivity contribution >= 4 is 5.97 Å². The van der Waals surface area contributed by atoms with E-state index in [2.05, 4.69) is 15.0 Å². The molecule has 0 radical (unpaired) electrons. The minimum Gasteiger partial charge on any atom is -0.457 e. The normalized spacial score (nSPS) is 29.8.